The lowest BCUT2D eigenvalue weighted by molar-refractivity contribution is -0.204. The second-order valence-corrected chi connectivity index (χ2v) is 9.82. The lowest BCUT2D eigenvalue weighted by atomic mass is 9.94. The number of hydrogen-bond donors (Lipinski definition) is 0. The second-order valence-electron chi connectivity index (χ2n) is 8.80. The molecule has 0 bridgehead atoms. The van der Waals surface area contributed by atoms with Gasteiger partial charge in [0.25, 0.3) is 5.91 Å². The molecule has 0 aliphatic carbocycles. The van der Waals surface area contributed by atoms with Crippen molar-refractivity contribution in [1.82, 2.24) is 14.9 Å². The van der Waals surface area contributed by atoms with Crippen LogP contribution in [0.25, 0.3) is 0 Å². The summed E-state index contributed by atoms with van der Waals surface area (Å²) in [6, 6.07) is 13.1. The van der Waals surface area contributed by atoms with Gasteiger partial charge in [-0.05, 0) is 29.7 Å². The first kappa shape index (κ1) is 24.5. The minimum atomic E-state index is -4.63. The van der Waals surface area contributed by atoms with Gasteiger partial charge in [-0.15, -0.1) is 11.8 Å². The number of alkyl halides is 3. The zero-order chi connectivity index (χ0) is 25.6. The van der Waals surface area contributed by atoms with Crippen LogP contribution in [0.15, 0.2) is 77.2 Å². The van der Waals surface area contributed by atoms with Gasteiger partial charge in [-0.2, -0.15) is 18.2 Å². The van der Waals surface area contributed by atoms with E-state index < -0.39 is 30.1 Å². The highest BCUT2D eigenvalue weighted by molar-refractivity contribution is 7.98. The predicted octanol–water partition coefficient (Wildman–Crippen LogP) is 5.34. The molecule has 0 radical (unpaired) electrons. The molecule has 6 nitrogen and oxygen atoms in total. The summed E-state index contributed by atoms with van der Waals surface area (Å²) in [5.74, 6) is -0.740. The van der Waals surface area contributed by atoms with Gasteiger partial charge in [-0.3, -0.25) is 14.6 Å². The standard InChI is InChI=1S/C26H24F3N3O3S/c1-16(26(27,28)29)30-15-32(31-13-7-11-21(35-17(2)33)24(31)25(30)34)23-19-9-4-3-8-18(19)14-36-22-12-6-5-10-20(22)23/h3-10,12-13,16,23H,11,14-15H2,1-2H3/t16-,23+/m0/s1. The maximum Gasteiger partial charge on any atom is 0.408 e. The average molecular weight is 516 g/mol. The summed E-state index contributed by atoms with van der Waals surface area (Å²) in [5, 5.41) is 3.31. The fourth-order valence-corrected chi connectivity index (χ4v) is 5.87. The number of fused-ring (bicyclic) bond motifs is 3. The molecule has 2 atom stereocenters. The van der Waals surface area contributed by atoms with E-state index in [0.29, 0.717) is 5.75 Å². The highest BCUT2D eigenvalue weighted by Crippen LogP contribution is 2.45. The molecule has 188 valence electrons. The van der Waals surface area contributed by atoms with Crippen molar-refractivity contribution < 1.29 is 27.5 Å². The van der Waals surface area contributed by atoms with Gasteiger partial charge in [0.15, 0.2) is 5.70 Å². The van der Waals surface area contributed by atoms with E-state index in [1.54, 1.807) is 34.1 Å². The topological polar surface area (TPSA) is 53.1 Å². The number of thioether (sulfide) groups is 1. The first-order valence-corrected chi connectivity index (χ1v) is 12.5. The highest BCUT2D eigenvalue weighted by Gasteiger charge is 2.50. The number of halogens is 3. The normalized spacial score (nSPS) is 20.9. The van der Waals surface area contributed by atoms with Crippen LogP contribution in [0.2, 0.25) is 0 Å². The van der Waals surface area contributed by atoms with Crippen LogP contribution >= 0.6 is 11.8 Å². The fraction of sp³-hybridized carbons (Fsp3) is 0.308. The van der Waals surface area contributed by atoms with E-state index >= 15 is 0 Å². The Morgan fingerprint density at radius 1 is 1.11 bits per heavy atom. The van der Waals surface area contributed by atoms with Crippen molar-refractivity contribution in [2.75, 3.05) is 6.67 Å². The molecule has 2 aromatic carbocycles. The molecule has 0 unspecified atom stereocenters. The summed E-state index contributed by atoms with van der Waals surface area (Å²) in [5.41, 5.74) is 2.84. The van der Waals surface area contributed by atoms with Crippen molar-refractivity contribution >= 4 is 23.6 Å². The van der Waals surface area contributed by atoms with Crippen LogP contribution in [0.5, 0.6) is 0 Å². The lowest BCUT2D eigenvalue weighted by Gasteiger charge is -2.50. The number of benzene rings is 2. The summed E-state index contributed by atoms with van der Waals surface area (Å²) >= 11 is 1.67. The SMILES string of the molecule is CC(=O)OC1=C2C(=O)N([C@@H](C)C(F)(F)F)CN([C@@H]3c4ccccc4CSc4ccccc43)N2C=CC1. The fourth-order valence-electron chi connectivity index (χ4n) is 4.77. The van der Waals surface area contributed by atoms with Crippen LogP contribution in [0.4, 0.5) is 13.2 Å². The Bertz CT molecular complexity index is 1230. The zero-order valence-electron chi connectivity index (χ0n) is 19.7. The van der Waals surface area contributed by atoms with E-state index in [0.717, 1.165) is 33.4 Å². The number of amides is 1. The molecule has 0 N–H and O–H groups in total. The van der Waals surface area contributed by atoms with Crippen molar-refractivity contribution in [2.24, 2.45) is 0 Å². The Kier molecular flexibility index (Phi) is 6.34. The predicted molar refractivity (Wildman–Crippen MR) is 128 cm³/mol. The van der Waals surface area contributed by atoms with Crippen LogP contribution in [-0.4, -0.2) is 45.7 Å². The minimum Gasteiger partial charge on any atom is -0.428 e. The summed E-state index contributed by atoms with van der Waals surface area (Å²) in [6.07, 6.45) is -1.12. The molecule has 36 heavy (non-hydrogen) atoms. The number of carbonyl (C=O) groups excluding carboxylic acids is 2. The second kappa shape index (κ2) is 9.33. The van der Waals surface area contributed by atoms with Gasteiger partial charge >= 0.3 is 12.1 Å². The molecule has 3 aliphatic rings. The Hall–Kier alpha value is -3.24. The molecular formula is C26H24F3N3O3S. The van der Waals surface area contributed by atoms with Crippen molar-refractivity contribution in [1.29, 1.82) is 0 Å². The number of nitrogens with zero attached hydrogens (tertiary/aromatic N) is 3. The molecule has 1 amide bonds. The summed E-state index contributed by atoms with van der Waals surface area (Å²) in [4.78, 5) is 27.1. The van der Waals surface area contributed by atoms with Crippen molar-refractivity contribution in [3.63, 3.8) is 0 Å². The average Bonchev–Trinajstić information content (AvgIpc) is 3.00. The van der Waals surface area contributed by atoms with Crippen LogP contribution in [0.3, 0.4) is 0 Å². The van der Waals surface area contributed by atoms with Gasteiger partial charge in [0.1, 0.15) is 11.8 Å². The minimum absolute atomic E-state index is 0.0311. The number of rotatable bonds is 3. The molecule has 0 aromatic heterocycles. The third kappa shape index (κ3) is 4.28. The van der Waals surface area contributed by atoms with E-state index in [2.05, 4.69) is 0 Å². The van der Waals surface area contributed by atoms with E-state index in [1.807, 2.05) is 48.5 Å². The molecule has 3 heterocycles. The maximum atomic E-state index is 13.9. The molecule has 2 aromatic rings. The Morgan fingerprint density at radius 2 is 1.81 bits per heavy atom. The smallest absolute Gasteiger partial charge is 0.408 e. The van der Waals surface area contributed by atoms with Crippen LogP contribution in [-0.2, 0) is 20.1 Å². The number of hydrazine groups is 1. The first-order valence-electron chi connectivity index (χ1n) is 11.5. The number of carbonyl (C=O) groups is 2. The van der Waals surface area contributed by atoms with Gasteiger partial charge in [0.05, 0.1) is 12.7 Å². The molecule has 10 heteroatoms. The zero-order valence-corrected chi connectivity index (χ0v) is 20.5. The molecule has 1 fully saturated rings. The third-order valence-electron chi connectivity index (χ3n) is 6.53. The van der Waals surface area contributed by atoms with Gasteiger partial charge in [-0.1, -0.05) is 48.5 Å². The molecule has 0 saturated carbocycles. The number of esters is 1. The molecule has 0 spiro atoms. The number of allylic oxidation sites excluding steroid dienone is 1. The highest BCUT2D eigenvalue weighted by atomic mass is 32.2. The van der Waals surface area contributed by atoms with Crippen LogP contribution in [0, 0.1) is 0 Å². The van der Waals surface area contributed by atoms with E-state index in [9.17, 15) is 22.8 Å². The Morgan fingerprint density at radius 3 is 2.53 bits per heavy atom. The van der Waals surface area contributed by atoms with Gasteiger partial charge in [-0.25, -0.2) is 0 Å². The molecule has 5 rings (SSSR count). The first-order chi connectivity index (χ1) is 17.2. The Labute approximate surface area is 211 Å². The van der Waals surface area contributed by atoms with Crippen molar-refractivity contribution in [3.05, 3.63) is 89.0 Å². The van der Waals surface area contributed by atoms with Gasteiger partial charge in [0, 0.05) is 30.2 Å². The molecule has 1 saturated heterocycles. The largest absolute Gasteiger partial charge is 0.428 e. The van der Waals surface area contributed by atoms with Gasteiger partial charge < -0.3 is 9.64 Å². The Balaban J connectivity index is 1.71. The van der Waals surface area contributed by atoms with E-state index in [1.165, 1.54) is 6.92 Å². The van der Waals surface area contributed by atoms with E-state index in [4.69, 9.17) is 4.74 Å². The molecular weight excluding hydrogens is 491 g/mol. The van der Waals surface area contributed by atoms with Gasteiger partial charge in [0.2, 0.25) is 0 Å². The summed E-state index contributed by atoms with van der Waals surface area (Å²) in [7, 11) is 0. The van der Waals surface area contributed by atoms with Crippen LogP contribution in [0.1, 0.15) is 43.0 Å². The lowest BCUT2D eigenvalue weighted by Crippen LogP contribution is -2.62. The number of hydrogen-bond acceptors (Lipinski definition) is 6. The monoisotopic (exact) mass is 515 g/mol. The molecule has 3 aliphatic heterocycles. The third-order valence-corrected chi connectivity index (χ3v) is 7.67. The maximum absolute atomic E-state index is 13.9. The summed E-state index contributed by atoms with van der Waals surface area (Å²) in [6.45, 7) is 1.87. The van der Waals surface area contributed by atoms with Crippen molar-refractivity contribution in [2.45, 2.75) is 49.2 Å². The summed E-state index contributed by atoms with van der Waals surface area (Å²) < 4.78 is 47.0. The van der Waals surface area contributed by atoms with E-state index in [-0.39, 0.29) is 24.5 Å². The number of ether oxygens (including phenoxy) is 1. The van der Waals surface area contributed by atoms with Crippen molar-refractivity contribution in [3.8, 4) is 0 Å². The van der Waals surface area contributed by atoms with Crippen LogP contribution < -0.4 is 0 Å². The quantitative estimate of drug-likeness (QED) is 0.515.